The number of ether oxygens (including phenoxy) is 1. The second kappa shape index (κ2) is 15.8. The minimum absolute atomic E-state index is 0.0201. The number of aliphatic imine (C=N–C) groups is 1. The smallest absolute Gasteiger partial charge is 0.222 e. The van der Waals surface area contributed by atoms with Gasteiger partial charge in [-0.05, 0) is 62.4 Å². The van der Waals surface area contributed by atoms with Crippen molar-refractivity contribution in [2.24, 2.45) is 10.9 Å². The number of hydrogen-bond donors (Lipinski definition) is 8. The van der Waals surface area contributed by atoms with Gasteiger partial charge in [-0.25, -0.2) is 9.78 Å². The van der Waals surface area contributed by atoms with Crippen LogP contribution in [0.25, 0.3) is 11.0 Å². The summed E-state index contributed by atoms with van der Waals surface area (Å²) in [5, 5.41) is 66.3. The Hall–Kier alpha value is -4.45. The zero-order chi connectivity index (χ0) is 39.9. The van der Waals surface area contributed by atoms with Crippen LogP contribution in [0, 0.1) is 12.8 Å². The van der Waals surface area contributed by atoms with Crippen molar-refractivity contribution in [1.82, 2.24) is 5.32 Å². The Balaban J connectivity index is 1.25. The minimum atomic E-state index is -2.26. The topological polar surface area (TPSA) is 225 Å². The maximum Gasteiger partial charge on any atom is 0.222 e. The van der Waals surface area contributed by atoms with Crippen LogP contribution in [0.15, 0.2) is 74.1 Å². The molecule has 9 unspecified atom stereocenters. The number of carbonyl (C=O) groups excluding carboxylic acids is 1. The largest absolute Gasteiger partial charge is 0.508 e. The summed E-state index contributed by atoms with van der Waals surface area (Å²) in [7, 11) is 0. The van der Waals surface area contributed by atoms with Gasteiger partial charge in [-0.2, -0.15) is 0 Å². The van der Waals surface area contributed by atoms with Crippen LogP contribution in [0.3, 0.4) is 0 Å². The second-order valence-corrected chi connectivity index (χ2v) is 15.7. The Morgan fingerprint density at radius 1 is 1.14 bits per heavy atom. The van der Waals surface area contributed by atoms with Crippen molar-refractivity contribution in [3.8, 4) is 11.5 Å². The van der Waals surface area contributed by atoms with Gasteiger partial charge in [-0.1, -0.05) is 19.1 Å². The molecule has 4 aliphatic heterocycles. The second-order valence-electron chi connectivity index (χ2n) is 15.7. The van der Waals surface area contributed by atoms with Gasteiger partial charge in [0.15, 0.2) is 11.2 Å². The molecule has 0 saturated carbocycles. The Morgan fingerprint density at radius 3 is 2.61 bits per heavy atom. The summed E-state index contributed by atoms with van der Waals surface area (Å²) < 4.78 is 13.4. The molecule has 7 rings (SSSR count). The Kier molecular flexibility index (Phi) is 11.2. The van der Waals surface area contributed by atoms with E-state index in [4.69, 9.17) is 18.9 Å². The summed E-state index contributed by atoms with van der Waals surface area (Å²) in [5.74, 6) is 0.989. The van der Waals surface area contributed by atoms with Gasteiger partial charge in [0.25, 0.3) is 0 Å². The van der Waals surface area contributed by atoms with Gasteiger partial charge < -0.3 is 45.1 Å². The van der Waals surface area contributed by atoms with E-state index < -0.39 is 48.8 Å². The Bertz CT molecular complexity index is 2110. The fourth-order valence-corrected chi connectivity index (χ4v) is 8.34. The predicted molar refractivity (Wildman–Crippen MR) is 202 cm³/mol. The highest BCUT2D eigenvalue weighted by atomic mass is 17.2. The zero-order valence-corrected chi connectivity index (χ0v) is 31.6. The lowest BCUT2D eigenvalue weighted by Gasteiger charge is -2.43. The molecule has 15 nitrogen and oxygen atoms in total. The van der Waals surface area contributed by atoms with Gasteiger partial charge in [-0.15, -0.1) is 0 Å². The first-order valence-electron chi connectivity index (χ1n) is 19.1. The summed E-state index contributed by atoms with van der Waals surface area (Å²) >= 11 is 0. The average Bonchev–Trinajstić information content (AvgIpc) is 3.90. The van der Waals surface area contributed by atoms with E-state index in [1.165, 1.54) is 30.3 Å². The van der Waals surface area contributed by atoms with Gasteiger partial charge in [0, 0.05) is 55.6 Å². The van der Waals surface area contributed by atoms with E-state index in [-0.39, 0.29) is 41.9 Å². The van der Waals surface area contributed by atoms with E-state index >= 15 is 0 Å². The molecule has 5 heterocycles. The first-order chi connectivity index (χ1) is 26.7. The number of quaternary nitrogens is 1. The Morgan fingerprint density at radius 2 is 1.91 bits per heavy atom. The van der Waals surface area contributed by atoms with Crippen molar-refractivity contribution in [1.29, 1.82) is 0 Å². The number of hydrogen-bond acceptors (Lipinski definition) is 13. The SMILES string of the molecule is CCC1C2=CC=NC2=C[NH+]1c1c2c(cc3c(=O)cc(C)oc13)CC(OOCC(O)(Cc1ccc(O)cc1)C(O)C(O)C(O)CO)C(C)(CCC1CNC(=O)C1)O2. The van der Waals surface area contributed by atoms with Crippen LogP contribution in [-0.4, -0.2) is 104 Å². The molecule has 0 bridgehead atoms. The lowest BCUT2D eigenvalue weighted by atomic mass is 9.83. The van der Waals surface area contributed by atoms with Crippen LogP contribution in [-0.2, 0) is 27.4 Å². The molecular weight excluding hydrogens is 726 g/mol. The third kappa shape index (κ3) is 7.65. The number of amides is 1. The van der Waals surface area contributed by atoms with Crippen molar-refractivity contribution in [3.63, 3.8) is 0 Å². The molecule has 15 heteroatoms. The highest BCUT2D eigenvalue weighted by Crippen LogP contribution is 2.45. The van der Waals surface area contributed by atoms with Crippen LogP contribution in [0.1, 0.15) is 56.4 Å². The van der Waals surface area contributed by atoms with Crippen molar-refractivity contribution in [3.05, 3.63) is 87.1 Å². The molecule has 3 aromatic rings. The first-order valence-corrected chi connectivity index (χ1v) is 19.1. The maximum absolute atomic E-state index is 13.6. The molecule has 1 aromatic heterocycles. The monoisotopic (exact) mass is 776 g/mol. The number of aromatic hydroxyl groups is 1. The number of rotatable bonds is 15. The highest BCUT2D eigenvalue weighted by molar-refractivity contribution is 5.90. The first kappa shape index (κ1) is 39.8. The third-order valence-corrected chi connectivity index (χ3v) is 11.6. The predicted octanol–water partition coefficient (Wildman–Crippen LogP) is 0.943. The Labute approximate surface area is 323 Å². The molecule has 1 saturated heterocycles. The van der Waals surface area contributed by atoms with Crippen molar-refractivity contribution in [2.45, 2.75) is 101 Å². The number of phenolic OH excluding ortho intramolecular Hbond substituents is 1. The van der Waals surface area contributed by atoms with Crippen LogP contribution in [0.5, 0.6) is 11.5 Å². The molecule has 0 spiro atoms. The van der Waals surface area contributed by atoms with Crippen molar-refractivity contribution in [2.75, 3.05) is 19.8 Å². The number of phenols is 1. The van der Waals surface area contributed by atoms with E-state index in [0.29, 0.717) is 65.1 Å². The number of benzene rings is 2. The molecular formula is C41H50N3O12+. The summed E-state index contributed by atoms with van der Waals surface area (Å²) in [4.78, 5) is 43.1. The van der Waals surface area contributed by atoms with E-state index in [1.54, 1.807) is 19.2 Å². The quantitative estimate of drug-likeness (QED) is 0.0798. The van der Waals surface area contributed by atoms with Crippen LogP contribution in [0.2, 0.25) is 0 Å². The van der Waals surface area contributed by atoms with E-state index in [1.807, 2.05) is 19.2 Å². The van der Waals surface area contributed by atoms with Crippen molar-refractivity contribution >= 4 is 28.8 Å². The molecule has 2 aromatic carbocycles. The number of allylic oxidation sites excluding steroid dienone is 1. The lowest BCUT2D eigenvalue weighted by molar-refractivity contribution is -0.793. The standard InChI is InChI=1S/C41H49N3O12/c1-4-30-27-10-12-42-29(27)19-44(30)35-37-25(15-28-31(47)13-22(2)54-38(28)35)16-33(40(3,55-37)11-9-24-14-34(49)43-18-24)56-53-21-41(52,39(51)36(50)32(48)20-45)17-23-5-7-26(46)8-6-23/h5-8,10,12-13,15,19,24,30,32-33,36,39,45-46,48,50-52H,4,9,11,14,16-18,20-21H2,1-3H3,(H,43,49)/p+1. The normalized spacial score (nSPS) is 26.8. The number of nitrogens with zero attached hydrogens (tertiary/aromatic N) is 1. The number of fused-ring (bicyclic) bond motifs is 3. The number of carbonyl (C=O) groups is 1. The minimum Gasteiger partial charge on any atom is -0.508 e. The highest BCUT2D eigenvalue weighted by Gasteiger charge is 2.49. The number of nitrogens with one attached hydrogen (secondary N) is 2. The molecule has 9 atom stereocenters. The third-order valence-electron chi connectivity index (χ3n) is 11.6. The molecule has 56 heavy (non-hydrogen) atoms. The summed E-state index contributed by atoms with van der Waals surface area (Å²) in [6, 6.07) is 8.99. The summed E-state index contributed by atoms with van der Waals surface area (Å²) in [6.07, 6.45) is 1.24. The van der Waals surface area contributed by atoms with Gasteiger partial charge >= 0.3 is 0 Å². The molecule has 1 fully saturated rings. The van der Waals surface area contributed by atoms with Crippen LogP contribution in [0.4, 0.5) is 5.69 Å². The number of aliphatic hydroxyl groups excluding tert-OH is 4. The van der Waals surface area contributed by atoms with E-state index in [2.05, 4.69) is 17.2 Å². The molecule has 0 radical (unpaired) electrons. The number of aliphatic hydroxyl groups is 5. The van der Waals surface area contributed by atoms with Gasteiger partial charge in [-0.3, -0.25) is 19.5 Å². The van der Waals surface area contributed by atoms with Gasteiger partial charge in [0.2, 0.25) is 17.2 Å². The molecule has 1 amide bonds. The average molecular weight is 777 g/mol. The van der Waals surface area contributed by atoms with Gasteiger partial charge in [0.1, 0.15) is 71.7 Å². The van der Waals surface area contributed by atoms with Crippen LogP contribution < -0.4 is 20.4 Å². The molecule has 300 valence electrons. The molecule has 0 aliphatic carbocycles. The summed E-state index contributed by atoms with van der Waals surface area (Å²) in [6.45, 7) is 4.65. The zero-order valence-electron chi connectivity index (χ0n) is 31.6. The molecule has 4 aliphatic rings. The van der Waals surface area contributed by atoms with Crippen molar-refractivity contribution < 1.29 is 59.3 Å². The van der Waals surface area contributed by atoms with E-state index in [0.717, 1.165) is 22.6 Å². The fraction of sp³-hybridized carbons (Fsp3) is 0.488. The maximum atomic E-state index is 13.6. The molecule has 8 N–H and O–H groups in total. The van der Waals surface area contributed by atoms with Crippen LogP contribution >= 0.6 is 0 Å². The number of aryl methyl sites for hydroxylation is 1. The van der Waals surface area contributed by atoms with Gasteiger partial charge in [0.05, 0.1) is 12.0 Å². The summed E-state index contributed by atoms with van der Waals surface area (Å²) in [5.41, 5.74) is 0.521. The lowest BCUT2D eigenvalue weighted by Crippen LogP contribution is -3.05. The fourth-order valence-electron chi connectivity index (χ4n) is 8.34. The van der Waals surface area contributed by atoms with E-state index in [9.17, 15) is 40.2 Å².